The Bertz CT molecular complexity index is 780. The number of carbonyl (C=O) groups excluding carboxylic acids is 1. The molecular formula is C16H17F3N2O2S. The first-order chi connectivity index (χ1) is 11.2. The number of nitrogens with zero attached hydrogens (tertiary/aromatic N) is 2. The van der Waals surface area contributed by atoms with Crippen molar-refractivity contribution in [2.75, 3.05) is 7.05 Å². The Balaban J connectivity index is 2.04. The molecule has 4 nitrogen and oxygen atoms in total. The quantitative estimate of drug-likeness (QED) is 0.823. The van der Waals surface area contributed by atoms with Gasteiger partial charge in [0.05, 0.1) is 5.56 Å². The van der Waals surface area contributed by atoms with Crippen LogP contribution in [0.3, 0.4) is 0 Å². The molecule has 1 aromatic heterocycles. The van der Waals surface area contributed by atoms with E-state index in [4.69, 9.17) is 0 Å². The van der Waals surface area contributed by atoms with Gasteiger partial charge in [0.1, 0.15) is 0 Å². The maximum absolute atomic E-state index is 13.0. The van der Waals surface area contributed by atoms with E-state index in [2.05, 4.69) is 0 Å². The third-order valence-electron chi connectivity index (χ3n) is 3.68. The molecule has 130 valence electrons. The molecule has 0 radical (unpaired) electrons. The van der Waals surface area contributed by atoms with Gasteiger partial charge in [0.2, 0.25) is 5.91 Å². The van der Waals surface area contributed by atoms with Crippen molar-refractivity contribution in [3.8, 4) is 0 Å². The number of amides is 1. The fourth-order valence-corrected chi connectivity index (χ4v) is 3.11. The molecule has 1 aromatic carbocycles. The molecule has 1 amide bonds. The van der Waals surface area contributed by atoms with E-state index in [1.807, 2.05) is 0 Å². The zero-order valence-electron chi connectivity index (χ0n) is 13.3. The number of aryl methyl sites for hydroxylation is 1. The number of hydrogen-bond acceptors (Lipinski definition) is 3. The highest BCUT2D eigenvalue weighted by Crippen LogP contribution is 2.32. The van der Waals surface area contributed by atoms with Crippen LogP contribution >= 0.6 is 11.3 Å². The highest BCUT2D eigenvalue weighted by Gasteiger charge is 2.33. The van der Waals surface area contributed by atoms with E-state index in [0.717, 1.165) is 23.1 Å². The Hall–Kier alpha value is -2.09. The predicted molar refractivity (Wildman–Crippen MR) is 85.9 cm³/mol. The van der Waals surface area contributed by atoms with Crippen LogP contribution in [0.25, 0.3) is 0 Å². The van der Waals surface area contributed by atoms with Gasteiger partial charge in [-0.25, -0.2) is 0 Å². The molecule has 0 atom stereocenters. The van der Waals surface area contributed by atoms with E-state index < -0.39 is 11.7 Å². The number of rotatable bonds is 5. The van der Waals surface area contributed by atoms with Crippen molar-refractivity contribution >= 4 is 17.2 Å². The maximum atomic E-state index is 13.0. The van der Waals surface area contributed by atoms with E-state index in [0.29, 0.717) is 0 Å². The molecule has 0 aliphatic carbocycles. The molecule has 0 saturated heterocycles. The summed E-state index contributed by atoms with van der Waals surface area (Å²) in [5.74, 6) is -0.315. The Morgan fingerprint density at radius 3 is 2.54 bits per heavy atom. The predicted octanol–water partition coefficient (Wildman–Crippen LogP) is 3.29. The summed E-state index contributed by atoms with van der Waals surface area (Å²) in [5, 5.41) is 1.70. The normalized spacial score (nSPS) is 11.5. The van der Waals surface area contributed by atoms with Gasteiger partial charge >= 0.3 is 11.0 Å². The van der Waals surface area contributed by atoms with Crippen LogP contribution in [0, 0.1) is 6.92 Å². The van der Waals surface area contributed by atoms with Gasteiger partial charge in [-0.15, -0.1) is 0 Å². The zero-order chi connectivity index (χ0) is 17.9. The lowest BCUT2D eigenvalue weighted by Gasteiger charge is -2.20. The zero-order valence-corrected chi connectivity index (χ0v) is 14.1. The molecule has 0 N–H and O–H groups in total. The summed E-state index contributed by atoms with van der Waals surface area (Å²) in [6.07, 6.45) is -4.40. The number of carbonyl (C=O) groups is 1. The Kier molecular flexibility index (Phi) is 5.48. The van der Waals surface area contributed by atoms with Crippen LogP contribution < -0.4 is 4.87 Å². The summed E-state index contributed by atoms with van der Waals surface area (Å²) < 4.78 is 40.4. The summed E-state index contributed by atoms with van der Waals surface area (Å²) in [6.45, 7) is 1.86. The first-order valence-electron chi connectivity index (χ1n) is 7.24. The van der Waals surface area contributed by atoms with Gasteiger partial charge in [-0.05, 0) is 18.6 Å². The third kappa shape index (κ3) is 4.25. The second-order valence-corrected chi connectivity index (χ2v) is 6.27. The largest absolute Gasteiger partial charge is 0.416 e. The third-order valence-corrected chi connectivity index (χ3v) is 4.56. The van der Waals surface area contributed by atoms with Crippen LogP contribution in [0.2, 0.25) is 0 Å². The van der Waals surface area contributed by atoms with Gasteiger partial charge in [-0.1, -0.05) is 29.5 Å². The molecule has 24 heavy (non-hydrogen) atoms. The Morgan fingerprint density at radius 1 is 1.29 bits per heavy atom. The highest BCUT2D eigenvalue weighted by atomic mass is 32.1. The smallest absolute Gasteiger partial charge is 0.341 e. The SMILES string of the molecule is Cc1csc(=O)n1CCC(=O)N(C)Cc1ccccc1C(F)(F)F. The summed E-state index contributed by atoms with van der Waals surface area (Å²) in [5.41, 5.74) is 0.0714. The van der Waals surface area contributed by atoms with Crippen LogP contribution in [0.4, 0.5) is 13.2 Å². The maximum Gasteiger partial charge on any atom is 0.416 e. The van der Waals surface area contributed by atoms with Crippen LogP contribution in [0.15, 0.2) is 34.4 Å². The van der Waals surface area contributed by atoms with Gasteiger partial charge in [0, 0.05) is 37.6 Å². The number of hydrogen-bond donors (Lipinski definition) is 0. The number of benzene rings is 1. The minimum Gasteiger partial charge on any atom is -0.341 e. The van der Waals surface area contributed by atoms with Crippen molar-refractivity contribution < 1.29 is 18.0 Å². The summed E-state index contributed by atoms with van der Waals surface area (Å²) >= 11 is 1.06. The van der Waals surface area contributed by atoms with E-state index in [1.165, 1.54) is 34.7 Å². The molecule has 0 aliphatic heterocycles. The van der Waals surface area contributed by atoms with Gasteiger partial charge in [-0.3, -0.25) is 9.59 Å². The van der Waals surface area contributed by atoms with Crippen molar-refractivity contribution in [2.45, 2.75) is 32.6 Å². The molecule has 2 rings (SSSR count). The molecular weight excluding hydrogens is 341 g/mol. The number of halogens is 3. The van der Waals surface area contributed by atoms with Crippen molar-refractivity contribution in [2.24, 2.45) is 0 Å². The lowest BCUT2D eigenvalue weighted by molar-refractivity contribution is -0.139. The van der Waals surface area contributed by atoms with Crippen LogP contribution in [0.5, 0.6) is 0 Å². The Morgan fingerprint density at radius 2 is 1.96 bits per heavy atom. The monoisotopic (exact) mass is 358 g/mol. The molecule has 8 heteroatoms. The Labute approximate surface area is 141 Å². The van der Waals surface area contributed by atoms with Gasteiger partial charge in [0.15, 0.2) is 0 Å². The van der Waals surface area contributed by atoms with Gasteiger partial charge in [0.25, 0.3) is 0 Å². The van der Waals surface area contributed by atoms with Crippen LogP contribution in [-0.4, -0.2) is 22.4 Å². The van der Waals surface area contributed by atoms with Gasteiger partial charge < -0.3 is 9.47 Å². The average molecular weight is 358 g/mol. The minimum atomic E-state index is -4.46. The van der Waals surface area contributed by atoms with Crippen molar-refractivity contribution in [3.05, 3.63) is 56.1 Å². The molecule has 2 aromatic rings. The first kappa shape index (κ1) is 18.3. The van der Waals surface area contributed by atoms with E-state index in [1.54, 1.807) is 12.3 Å². The second kappa shape index (κ2) is 7.21. The van der Waals surface area contributed by atoms with E-state index in [-0.39, 0.29) is 35.9 Å². The lowest BCUT2D eigenvalue weighted by Crippen LogP contribution is -2.29. The first-order valence-corrected chi connectivity index (χ1v) is 8.12. The number of thiazole rings is 1. The standard InChI is InChI=1S/C16H17F3N2O2S/c1-11-10-24-15(23)21(11)8-7-14(22)20(2)9-12-5-3-4-6-13(12)16(17,18)19/h3-6,10H,7-9H2,1-2H3. The molecule has 0 bridgehead atoms. The summed E-state index contributed by atoms with van der Waals surface area (Å²) in [4.78, 5) is 24.9. The number of aromatic nitrogens is 1. The highest BCUT2D eigenvalue weighted by molar-refractivity contribution is 7.07. The fraction of sp³-hybridized carbons (Fsp3) is 0.375. The molecule has 0 unspecified atom stereocenters. The van der Waals surface area contributed by atoms with Crippen molar-refractivity contribution in [3.63, 3.8) is 0 Å². The average Bonchev–Trinajstić information content (AvgIpc) is 2.83. The van der Waals surface area contributed by atoms with Crippen LogP contribution in [0.1, 0.15) is 23.2 Å². The number of alkyl halides is 3. The molecule has 0 saturated carbocycles. The topological polar surface area (TPSA) is 42.3 Å². The fourth-order valence-electron chi connectivity index (χ4n) is 2.35. The summed E-state index contributed by atoms with van der Waals surface area (Å²) in [6, 6.07) is 5.19. The lowest BCUT2D eigenvalue weighted by atomic mass is 10.1. The summed E-state index contributed by atoms with van der Waals surface area (Å²) in [7, 11) is 1.46. The molecule has 1 heterocycles. The molecule has 0 fully saturated rings. The second-order valence-electron chi connectivity index (χ2n) is 5.45. The van der Waals surface area contributed by atoms with Crippen molar-refractivity contribution in [1.82, 2.24) is 9.47 Å². The van der Waals surface area contributed by atoms with E-state index >= 15 is 0 Å². The van der Waals surface area contributed by atoms with Crippen molar-refractivity contribution in [1.29, 1.82) is 0 Å². The molecule has 0 aliphatic rings. The molecule has 0 spiro atoms. The van der Waals surface area contributed by atoms with E-state index in [9.17, 15) is 22.8 Å². The van der Waals surface area contributed by atoms with Crippen LogP contribution in [-0.2, 0) is 24.1 Å². The van der Waals surface area contributed by atoms with Gasteiger partial charge in [-0.2, -0.15) is 13.2 Å². The minimum absolute atomic E-state index is 0.0460.